The molecule has 0 amide bonds. The summed E-state index contributed by atoms with van der Waals surface area (Å²) >= 11 is 0. The predicted molar refractivity (Wildman–Crippen MR) is 100 cm³/mol. The van der Waals surface area contributed by atoms with Gasteiger partial charge in [0.1, 0.15) is 13.2 Å². The Hall–Kier alpha value is -3.20. The molecule has 0 bridgehead atoms. The molecule has 0 unspecified atom stereocenters. The maximum atomic E-state index is 9.00. The molecule has 1 aliphatic rings. The van der Waals surface area contributed by atoms with Gasteiger partial charge in [0.2, 0.25) is 0 Å². The summed E-state index contributed by atoms with van der Waals surface area (Å²) in [6.45, 7) is 2.47. The van der Waals surface area contributed by atoms with Crippen LogP contribution in [-0.2, 0) is 13.1 Å². The summed E-state index contributed by atoms with van der Waals surface area (Å²) in [4.78, 5) is 6.38. The van der Waals surface area contributed by atoms with Crippen molar-refractivity contribution in [3.63, 3.8) is 0 Å². The summed E-state index contributed by atoms with van der Waals surface area (Å²) < 4.78 is 11.2. The summed E-state index contributed by atoms with van der Waals surface area (Å²) in [5.74, 6) is 2.36. The molecule has 0 saturated heterocycles. The number of ether oxygens (including phenoxy) is 2. The van der Waals surface area contributed by atoms with Crippen LogP contribution in [0.5, 0.6) is 11.5 Å². The van der Waals surface area contributed by atoms with Gasteiger partial charge in [-0.15, -0.1) is 0 Å². The SMILES string of the molecule is CN=C(NCc1cccc(C#N)c1)N(C)Cc1ccc2c(c1)OCCO2. The second kappa shape index (κ2) is 8.26. The third-order valence-electron chi connectivity index (χ3n) is 4.11. The Kier molecular flexibility index (Phi) is 5.59. The first-order valence-corrected chi connectivity index (χ1v) is 8.49. The Morgan fingerprint density at radius 2 is 1.96 bits per heavy atom. The maximum Gasteiger partial charge on any atom is 0.193 e. The molecule has 1 heterocycles. The van der Waals surface area contributed by atoms with Gasteiger partial charge < -0.3 is 19.7 Å². The summed E-state index contributed by atoms with van der Waals surface area (Å²) in [5.41, 5.74) is 2.81. The van der Waals surface area contributed by atoms with E-state index in [9.17, 15) is 0 Å². The fraction of sp³-hybridized carbons (Fsp3) is 0.300. The van der Waals surface area contributed by atoms with Gasteiger partial charge in [0.25, 0.3) is 0 Å². The fourth-order valence-electron chi connectivity index (χ4n) is 2.85. The van der Waals surface area contributed by atoms with Crippen LogP contribution in [-0.4, -0.2) is 38.2 Å². The molecule has 6 nitrogen and oxygen atoms in total. The van der Waals surface area contributed by atoms with Crippen molar-refractivity contribution in [3.8, 4) is 17.6 Å². The van der Waals surface area contributed by atoms with Crippen LogP contribution >= 0.6 is 0 Å². The summed E-state index contributed by atoms with van der Waals surface area (Å²) in [6.07, 6.45) is 0. The van der Waals surface area contributed by atoms with E-state index in [1.807, 2.05) is 48.3 Å². The molecule has 0 radical (unpaired) electrons. The Labute approximate surface area is 153 Å². The summed E-state index contributed by atoms with van der Waals surface area (Å²) in [6, 6.07) is 15.7. The van der Waals surface area contributed by atoms with Gasteiger partial charge in [0, 0.05) is 27.2 Å². The van der Waals surface area contributed by atoms with Crippen molar-refractivity contribution in [3.05, 3.63) is 59.2 Å². The molecule has 0 spiro atoms. The number of hydrogen-bond donors (Lipinski definition) is 1. The lowest BCUT2D eigenvalue weighted by Crippen LogP contribution is -2.38. The lowest BCUT2D eigenvalue weighted by Gasteiger charge is -2.24. The van der Waals surface area contributed by atoms with Crippen molar-refractivity contribution in [1.82, 2.24) is 10.2 Å². The molecular weight excluding hydrogens is 328 g/mol. The van der Waals surface area contributed by atoms with Gasteiger partial charge in [-0.3, -0.25) is 4.99 Å². The minimum Gasteiger partial charge on any atom is -0.486 e. The molecule has 3 rings (SSSR count). The van der Waals surface area contributed by atoms with Crippen LogP contribution in [0.25, 0.3) is 0 Å². The fourth-order valence-corrected chi connectivity index (χ4v) is 2.85. The Bertz CT molecular complexity index is 842. The lowest BCUT2D eigenvalue weighted by molar-refractivity contribution is 0.171. The molecule has 0 aliphatic carbocycles. The molecule has 134 valence electrons. The van der Waals surface area contributed by atoms with Crippen molar-refractivity contribution < 1.29 is 9.47 Å². The number of nitrogens with zero attached hydrogens (tertiary/aromatic N) is 3. The quantitative estimate of drug-likeness (QED) is 0.678. The zero-order valence-corrected chi connectivity index (χ0v) is 15.0. The van der Waals surface area contributed by atoms with E-state index in [2.05, 4.69) is 16.4 Å². The highest BCUT2D eigenvalue weighted by atomic mass is 16.6. The summed E-state index contributed by atoms with van der Waals surface area (Å²) in [7, 11) is 3.74. The van der Waals surface area contributed by atoms with Crippen molar-refractivity contribution in [1.29, 1.82) is 5.26 Å². The van der Waals surface area contributed by atoms with Crippen LogP contribution in [0, 0.1) is 11.3 Å². The van der Waals surface area contributed by atoms with Crippen molar-refractivity contribution in [2.24, 2.45) is 4.99 Å². The molecule has 0 saturated carbocycles. The molecule has 1 N–H and O–H groups in total. The average Bonchev–Trinajstić information content (AvgIpc) is 2.68. The number of fused-ring (bicyclic) bond motifs is 1. The number of benzene rings is 2. The first-order valence-electron chi connectivity index (χ1n) is 8.49. The van der Waals surface area contributed by atoms with Gasteiger partial charge >= 0.3 is 0 Å². The smallest absolute Gasteiger partial charge is 0.193 e. The number of hydrogen-bond acceptors (Lipinski definition) is 4. The standard InChI is InChI=1S/C20H22N4O2/c1-22-20(23-13-16-5-3-4-15(10-16)12-21)24(2)14-17-6-7-18-19(11-17)26-9-8-25-18/h3-7,10-11H,8-9,13-14H2,1-2H3,(H,22,23). The number of nitrogens with one attached hydrogen (secondary N) is 1. The van der Waals surface area contributed by atoms with Crippen LogP contribution in [0.3, 0.4) is 0 Å². The van der Waals surface area contributed by atoms with E-state index in [0.29, 0.717) is 31.9 Å². The highest BCUT2D eigenvalue weighted by Gasteiger charge is 2.13. The molecule has 0 aromatic heterocycles. The van der Waals surface area contributed by atoms with Gasteiger partial charge in [-0.2, -0.15) is 5.26 Å². The van der Waals surface area contributed by atoms with Crippen LogP contribution in [0.4, 0.5) is 0 Å². The molecule has 6 heteroatoms. The average molecular weight is 350 g/mol. The molecular formula is C20H22N4O2. The maximum absolute atomic E-state index is 9.00. The third-order valence-corrected chi connectivity index (χ3v) is 4.11. The highest BCUT2D eigenvalue weighted by molar-refractivity contribution is 5.79. The van der Waals surface area contributed by atoms with Crippen molar-refractivity contribution >= 4 is 5.96 Å². The highest BCUT2D eigenvalue weighted by Crippen LogP contribution is 2.31. The second-order valence-corrected chi connectivity index (χ2v) is 6.05. The lowest BCUT2D eigenvalue weighted by atomic mass is 10.1. The molecule has 2 aromatic rings. The minimum atomic E-state index is 0.581. The van der Waals surface area contributed by atoms with E-state index >= 15 is 0 Å². The Morgan fingerprint density at radius 1 is 1.15 bits per heavy atom. The van der Waals surface area contributed by atoms with E-state index in [1.54, 1.807) is 13.1 Å². The van der Waals surface area contributed by atoms with E-state index in [1.165, 1.54) is 0 Å². The Morgan fingerprint density at radius 3 is 2.73 bits per heavy atom. The topological polar surface area (TPSA) is 69.9 Å². The number of nitriles is 1. The van der Waals surface area contributed by atoms with Crippen molar-refractivity contribution in [2.45, 2.75) is 13.1 Å². The predicted octanol–water partition coefficient (Wildman–Crippen LogP) is 2.54. The zero-order valence-electron chi connectivity index (χ0n) is 15.0. The van der Waals surface area contributed by atoms with E-state index in [0.717, 1.165) is 28.6 Å². The molecule has 1 aliphatic heterocycles. The largest absolute Gasteiger partial charge is 0.486 e. The zero-order chi connectivity index (χ0) is 18.4. The molecule has 2 aromatic carbocycles. The summed E-state index contributed by atoms with van der Waals surface area (Å²) in [5, 5.41) is 12.3. The van der Waals surface area contributed by atoms with Crippen molar-refractivity contribution in [2.75, 3.05) is 27.3 Å². The van der Waals surface area contributed by atoms with Gasteiger partial charge in [-0.25, -0.2) is 0 Å². The van der Waals surface area contributed by atoms with Crippen LogP contribution in [0.2, 0.25) is 0 Å². The van der Waals surface area contributed by atoms with Gasteiger partial charge in [-0.1, -0.05) is 18.2 Å². The minimum absolute atomic E-state index is 0.581. The van der Waals surface area contributed by atoms with E-state index in [-0.39, 0.29) is 0 Å². The van der Waals surface area contributed by atoms with Gasteiger partial charge in [0.15, 0.2) is 17.5 Å². The van der Waals surface area contributed by atoms with E-state index in [4.69, 9.17) is 14.7 Å². The van der Waals surface area contributed by atoms with Crippen LogP contribution < -0.4 is 14.8 Å². The van der Waals surface area contributed by atoms with Crippen LogP contribution in [0.15, 0.2) is 47.5 Å². The monoisotopic (exact) mass is 350 g/mol. The first-order chi connectivity index (χ1) is 12.7. The van der Waals surface area contributed by atoms with Crippen LogP contribution in [0.1, 0.15) is 16.7 Å². The molecule has 0 atom stereocenters. The second-order valence-electron chi connectivity index (χ2n) is 6.05. The number of guanidine groups is 1. The Balaban J connectivity index is 1.62. The first kappa shape index (κ1) is 17.6. The van der Waals surface area contributed by atoms with Gasteiger partial charge in [0.05, 0.1) is 11.6 Å². The molecule has 26 heavy (non-hydrogen) atoms. The molecule has 0 fully saturated rings. The number of aliphatic imine (C=N–C) groups is 1. The third kappa shape index (κ3) is 4.25. The normalized spacial score (nSPS) is 13.0. The van der Waals surface area contributed by atoms with E-state index < -0.39 is 0 Å². The number of rotatable bonds is 4. The van der Waals surface area contributed by atoms with Gasteiger partial charge in [-0.05, 0) is 35.4 Å².